The van der Waals surface area contributed by atoms with E-state index in [0.29, 0.717) is 23.0 Å². The van der Waals surface area contributed by atoms with Crippen LogP contribution in [0.5, 0.6) is 0 Å². The van der Waals surface area contributed by atoms with Gasteiger partial charge in [-0.3, -0.25) is 9.59 Å². The second-order valence-corrected chi connectivity index (χ2v) is 9.27. The first-order chi connectivity index (χ1) is 16.4. The molecule has 178 valence electrons. The van der Waals surface area contributed by atoms with Crippen molar-refractivity contribution in [2.75, 3.05) is 0 Å². The number of amides is 2. The molecule has 0 spiro atoms. The summed E-state index contributed by atoms with van der Waals surface area (Å²) in [5, 5.41) is 3.92. The average molecular weight is 497 g/mol. The molecule has 6 heteroatoms. The summed E-state index contributed by atoms with van der Waals surface area (Å²) in [6.45, 7) is 4.32. The summed E-state index contributed by atoms with van der Waals surface area (Å²) in [6.07, 6.45) is 1.34. The Bertz CT molecular complexity index is 1090. The highest BCUT2D eigenvalue weighted by Gasteiger charge is 2.31. The Labute approximate surface area is 211 Å². The lowest BCUT2D eigenvalue weighted by Crippen LogP contribution is -2.52. The molecule has 0 saturated heterocycles. The van der Waals surface area contributed by atoms with Gasteiger partial charge in [0.15, 0.2) is 0 Å². The molecule has 4 nitrogen and oxygen atoms in total. The molecule has 0 aliphatic heterocycles. The van der Waals surface area contributed by atoms with E-state index >= 15 is 0 Å². The third-order valence-corrected chi connectivity index (χ3v) is 6.55. The van der Waals surface area contributed by atoms with Crippen LogP contribution in [0.15, 0.2) is 78.9 Å². The lowest BCUT2D eigenvalue weighted by atomic mass is 10.0. The van der Waals surface area contributed by atoms with Gasteiger partial charge in [0, 0.05) is 19.0 Å². The number of nitrogens with zero attached hydrogens (tertiary/aromatic N) is 1. The summed E-state index contributed by atoms with van der Waals surface area (Å²) in [7, 11) is 0. The number of halogens is 2. The van der Waals surface area contributed by atoms with Crippen LogP contribution in [0, 0.1) is 0 Å². The zero-order valence-corrected chi connectivity index (χ0v) is 21.0. The van der Waals surface area contributed by atoms with Gasteiger partial charge in [0.1, 0.15) is 6.04 Å². The number of nitrogens with one attached hydrogen (secondary N) is 1. The third kappa shape index (κ3) is 7.34. The second-order valence-electron chi connectivity index (χ2n) is 8.46. The summed E-state index contributed by atoms with van der Waals surface area (Å²) in [6, 6.07) is 24.0. The second kappa shape index (κ2) is 12.6. The van der Waals surface area contributed by atoms with Crippen molar-refractivity contribution in [3.8, 4) is 0 Å². The van der Waals surface area contributed by atoms with Crippen LogP contribution in [0.1, 0.15) is 37.0 Å². The Morgan fingerprint density at radius 3 is 2.06 bits per heavy atom. The van der Waals surface area contributed by atoms with E-state index in [-0.39, 0.29) is 24.3 Å². The SMILES string of the molecule is CC[C@H](C)NC(=O)[C@@H](Cc1ccccc1)N(Cc1ccccc1)C(=O)Cc1ccc(Cl)c(Cl)c1. The van der Waals surface area contributed by atoms with Crippen molar-refractivity contribution in [2.45, 2.75) is 51.7 Å². The Morgan fingerprint density at radius 1 is 0.853 bits per heavy atom. The smallest absolute Gasteiger partial charge is 0.243 e. The molecule has 0 radical (unpaired) electrons. The van der Waals surface area contributed by atoms with Gasteiger partial charge in [-0.25, -0.2) is 0 Å². The molecule has 0 heterocycles. The van der Waals surface area contributed by atoms with Gasteiger partial charge in [-0.1, -0.05) is 96.9 Å². The van der Waals surface area contributed by atoms with Crippen LogP contribution < -0.4 is 5.32 Å². The van der Waals surface area contributed by atoms with Crippen LogP contribution in [0.4, 0.5) is 0 Å². The molecule has 0 aromatic heterocycles. The Balaban J connectivity index is 1.96. The first kappa shape index (κ1) is 25.8. The molecule has 2 atom stereocenters. The maximum atomic E-state index is 13.7. The van der Waals surface area contributed by atoms with Gasteiger partial charge >= 0.3 is 0 Å². The maximum Gasteiger partial charge on any atom is 0.243 e. The van der Waals surface area contributed by atoms with E-state index in [1.54, 1.807) is 23.1 Å². The first-order valence-corrected chi connectivity index (χ1v) is 12.2. The molecule has 0 aliphatic rings. The van der Waals surface area contributed by atoms with Crippen LogP contribution >= 0.6 is 23.2 Å². The van der Waals surface area contributed by atoms with Gasteiger partial charge in [-0.2, -0.15) is 0 Å². The topological polar surface area (TPSA) is 49.4 Å². The Morgan fingerprint density at radius 2 is 1.47 bits per heavy atom. The molecule has 34 heavy (non-hydrogen) atoms. The van der Waals surface area contributed by atoms with Gasteiger partial charge in [0.2, 0.25) is 11.8 Å². The van der Waals surface area contributed by atoms with Crippen molar-refractivity contribution in [3.63, 3.8) is 0 Å². The van der Waals surface area contributed by atoms with Crippen molar-refractivity contribution in [1.29, 1.82) is 0 Å². The molecule has 0 aliphatic carbocycles. The van der Waals surface area contributed by atoms with Crippen LogP contribution in [0.25, 0.3) is 0 Å². The Hall–Kier alpha value is -2.82. The number of hydrogen-bond acceptors (Lipinski definition) is 2. The molecule has 3 aromatic rings. The van der Waals surface area contributed by atoms with Crippen LogP contribution in [0.3, 0.4) is 0 Å². The van der Waals surface area contributed by atoms with E-state index in [1.807, 2.05) is 74.5 Å². The summed E-state index contributed by atoms with van der Waals surface area (Å²) in [5.74, 6) is -0.306. The fraction of sp³-hybridized carbons (Fsp3) is 0.286. The lowest BCUT2D eigenvalue weighted by Gasteiger charge is -2.32. The van der Waals surface area contributed by atoms with Crippen molar-refractivity contribution in [1.82, 2.24) is 10.2 Å². The fourth-order valence-corrected chi connectivity index (χ4v) is 4.02. The van der Waals surface area contributed by atoms with Crippen molar-refractivity contribution >= 4 is 35.0 Å². The number of rotatable bonds is 10. The molecule has 1 N–H and O–H groups in total. The van der Waals surface area contributed by atoms with Gasteiger partial charge in [-0.05, 0) is 42.2 Å². The van der Waals surface area contributed by atoms with Crippen molar-refractivity contribution in [2.24, 2.45) is 0 Å². The maximum absolute atomic E-state index is 13.7. The minimum Gasteiger partial charge on any atom is -0.352 e. The van der Waals surface area contributed by atoms with Gasteiger partial charge < -0.3 is 10.2 Å². The molecule has 0 unspecified atom stereocenters. The van der Waals surface area contributed by atoms with Crippen molar-refractivity contribution in [3.05, 3.63) is 106 Å². The number of hydrogen-bond donors (Lipinski definition) is 1. The molecule has 0 bridgehead atoms. The minimum absolute atomic E-state index is 0.00882. The summed E-state index contributed by atoms with van der Waals surface area (Å²) in [4.78, 5) is 28.8. The zero-order chi connectivity index (χ0) is 24.5. The normalized spacial score (nSPS) is 12.6. The molecular formula is C28H30Cl2N2O2. The molecular weight excluding hydrogens is 467 g/mol. The molecule has 0 fully saturated rings. The summed E-state index contributed by atoms with van der Waals surface area (Å²) >= 11 is 12.2. The molecule has 2 amide bonds. The molecule has 0 saturated carbocycles. The van der Waals surface area contributed by atoms with E-state index in [1.165, 1.54) is 0 Å². The average Bonchev–Trinajstić information content (AvgIpc) is 2.84. The lowest BCUT2D eigenvalue weighted by molar-refractivity contribution is -0.141. The predicted molar refractivity (Wildman–Crippen MR) is 139 cm³/mol. The van der Waals surface area contributed by atoms with Crippen molar-refractivity contribution < 1.29 is 9.59 Å². The van der Waals surface area contributed by atoms with Gasteiger partial charge in [-0.15, -0.1) is 0 Å². The summed E-state index contributed by atoms with van der Waals surface area (Å²) in [5.41, 5.74) is 2.70. The quantitative estimate of drug-likeness (QED) is 0.369. The van der Waals surface area contributed by atoms with E-state index in [2.05, 4.69) is 5.32 Å². The van der Waals surface area contributed by atoms with E-state index in [9.17, 15) is 9.59 Å². The monoisotopic (exact) mass is 496 g/mol. The zero-order valence-electron chi connectivity index (χ0n) is 19.5. The highest BCUT2D eigenvalue weighted by molar-refractivity contribution is 6.42. The highest BCUT2D eigenvalue weighted by atomic mass is 35.5. The number of carbonyl (C=O) groups excluding carboxylic acids is 2. The highest BCUT2D eigenvalue weighted by Crippen LogP contribution is 2.24. The van der Waals surface area contributed by atoms with Gasteiger partial charge in [0.25, 0.3) is 0 Å². The van der Waals surface area contributed by atoms with Gasteiger partial charge in [0.05, 0.1) is 16.5 Å². The number of benzene rings is 3. The van der Waals surface area contributed by atoms with E-state index in [0.717, 1.165) is 23.1 Å². The third-order valence-electron chi connectivity index (χ3n) is 5.81. The molecule has 3 rings (SSSR count). The first-order valence-electron chi connectivity index (χ1n) is 11.5. The Kier molecular flexibility index (Phi) is 9.55. The fourth-order valence-electron chi connectivity index (χ4n) is 3.70. The molecule has 3 aromatic carbocycles. The van der Waals surface area contributed by atoms with Crippen LogP contribution in [-0.4, -0.2) is 28.8 Å². The number of carbonyl (C=O) groups is 2. The summed E-state index contributed by atoms with van der Waals surface area (Å²) < 4.78 is 0. The predicted octanol–water partition coefficient (Wildman–Crippen LogP) is 6.09. The largest absolute Gasteiger partial charge is 0.352 e. The standard InChI is InChI=1S/C28H30Cl2N2O2/c1-3-20(2)31-28(34)26(17-21-10-6-4-7-11-21)32(19-22-12-8-5-9-13-22)27(33)18-23-14-15-24(29)25(30)16-23/h4-16,20,26H,3,17-19H2,1-2H3,(H,31,34)/t20-,26+/m0/s1. The van der Waals surface area contributed by atoms with Crippen LogP contribution in [0.2, 0.25) is 10.0 Å². The minimum atomic E-state index is -0.660. The van der Waals surface area contributed by atoms with E-state index in [4.69, 9.17) is 23.2 Å². The van der Waals surface area contributed by atoms with Crippen LogP contribution in [-0.2, 0) is 29.0 Å². The van der Waals surface area contributed by atoms with E-state index < -0.39 is 6.04 Å².